The number of anilines is 3. The van der Waals surface area contributed by atoms with Crippen LogP contribution in [0, 0.1) is 0 Å². The first-order valence-corrected chi connectivity index (χ1v) is 17.5. The van der Waals surface area contributed by atoms with Gasteiger partial charge in [-0.25, -0.2) is 4.98 Å². The van der Waals surface area contributed by atoms with Gasteiger partial charge < -0.3 is 13.7 Å². The standard InChI is InChI=1S/C45H26N2O2S/c1-3-13-30-27(10-1)12-7-18-36(30)47(37-19-8-15-33-43-31-14-4-2-11-28(31)22-25-41(43)50-44(33)37)29-23-24-32-40(26-29)48-39-21-9-16-34(42(32)39)45-46-35-17-5-6-20-38(35)49-45/h1-26H. The molecule has 0 amide bonds. The molecule has 50 heavy (non-hydrogen) atoms. The summed E-state index contributed by atoms with van der Waals surface area (Å²) < 4.78 is 15.4. The average Bonchev–Trinajstić information content (AvgIpc) is 3.88. The molecule has 0 saturated heterocycles. The summed E-state index contributed by atoms with van der Waals surface area (Å²) >= 11 is 1.85. The van der Waals surface area contributed by atoms with Crippen LogP contribution in [0.5, 0.6) is 0 Å². The van der Waals surface area contributed by atoms with Gasteiger partial charge in [-0.1, -0.05) is 97.1 Å². The second-order valence-electron chi connectivity index (χ2n) is 12.7. The molecule has 3 aromatic heterocycles. The van der Waals surface area contributed by atoms with Crippen LogP contribution >= 0.6 is 11.3 Å². The minimum absolute atomic E-state index is 0.588. The summed E-state index contributed by atoms with van der Waals surface area (Å²) in [7, 11) is 0. The summed E-state index contributed by atoms with van der Waals surface area (Å²) in [6.07, 6.45) is 0. The number of benzene rings is 8. The third kappa shape index (κ3) is 4.01. The molecule has 0 unspecified atom stereocenters. The Morgan fingerprint density at radius 2 is 1.20 bits per heavy atom. The fourth-order valence-electron chi connectivity index (χ4n) is 7.66. The van der Waals surface area contributed by atoms with Gasteiger partial charge in [0.2, 0.25) is 5.89 Å². The molecule has 11 aromatic rings. The number of furan rings is 1. The van der Waals surface area contributed by atoms with Gasteiger partial charge in [-0.05, 0) is 70.8 Å². The molecule has 0 aliphatic rings. The summed E-state index contributed by atoms with van der Waals surface area (Å²) in [6.45, 7) is 0. The van der Waals surface area contributed by atoms with E-state index in [1.807, 2.05) is 47.7 Å². The molecule has 0 spiro atoms. The maximum absolute atomic E-state index is 6.63. The summed E-state index contributed by atoms with van der Waals surface area (Å²) in [4.78, 5) is 7.22. The number of hydrogen-bond donors (Lipinski definition) is 0. The highest BCUT2D eigenvalue weighted by Crippen LogP contribution is 2.48. The van der Waals surface area contributed by atoms with Gasteiger partial charge in [-0.2, -0.15) is 0 Å². The minimum atomic E-state index is 0.588. The Morgan fingerprint density at radius 3 is 2.12 bits per heavy atom. The zero-order chi connectivity index (χ0) is 32.8. The highest BCUT2D eigenvalue weighted by atomic mass is 32.1. The van der Waals surface area contributed by atoms with E-state index in [2.05, 4.69) is 126 Å². The zero-order valence-corrected chi connectivity index (χ0v) is 27.4. The monoisotopic (exact) mass is 658 g/mol. The van der Waals surface area contributed by atoms with E-state index in [0.29, 0.717) is 5.89 Å². The Hall–Kier alpha value is -6.43. The molecule has 4 nitrogen and oxygen atoms in total. The molecular weight excluding hydrogens is 633 g/mol. The Balaban J connectivity index is 1.17. The van der Waals surface area contributed by atoms with E-state index < -0.39 is 0 Å². The van der Waals surface area contributed by atoms with Crippen molar-refractivity contribution in [2.75, 3.05) is 4.90 Å². The summed E-state index contributed by atoms with van der Waals surface area (Å²) in [5.74, 6) is 0.588. The molecular formula is C45H26N2O2S. The quantitative estimate of drug-likeness (QED) is 0.189. The van der Waals surface area contributed by atoms with Crippen LogP contribution in [0.25, 0.3) is 86.2 Å². The van der Waals surface area contributed by atoms with Crippen LogP contribution in [0.3, 0.4) is 0 Å². The van der Waals surface area contributed by atoms with Crippen LogP contribution in [0.4, 0.5) is 17.1 Å². The summed E-state index contributed by atoms with van der Waals surface area (Å²) in [6, 6.07) is 55.6. The lowest BCUT2D eigenvalue weighted by molar-refractivity contribution is 0.620. The van der Waals surface area contributed by atoms with Crippen molar-refractivity contribution >= 4 is 103 Å². The van der Waals surface area contributed by atoms with Crippen molar-refractivity contribution in [1.82, 2.24) is 4.98 Å². The number of rotatable bonds is 4. The van der Waals surface area contributed by atoms with Crippen LogP contribution in [-0.4, -0.2) is 4.98 Å². The maximum atomic E-state index is 6.63. The second-order valence-corrected chi connectivity index (χ2v) is 13.7. The van der Waals surface area contributed by atoms with Crippen molar-refractivity contribution in [3.63, 3.8) is 0 Å². The van der Waals surface area contributed by atoms with Crippen molar-refractivity contribution in [2.45, 2.75) is 0 Å². The highest BCUT2D eigenvalue weighted by Gasteiger charge is 2.23. The molecule has 0 aliphatic carbocycles. The summed E-state index contributed by atoms with van der Waals surface area (Å²) in [5.41, 5.74) is 7.39. The smallest absolute Gasteiger partial charge is 0.228 e. The molecule has 0 aliphatic heterocycles. The van der Waals surface area contributed by atoms with Crippen LogP contribution < -0.4 is 4.90 Å². The van der Waals surface area contributed by atoms with Gasteiger partial charge in [0.1, 0.15) is 16.7 Å². The van der Waals surface area contributed by atoms with E-state index in [-0.39, 0.29) is 0 Å². The molecule has 234 valence electrons. The largest absolute Gasteiger partial charge is 0.456 e. The molecule has 0 bridgehead atoms. The molecule has 0 atom stereocenters. The molecule has 3 heterocycles. The first-order valence-electron chi connectivity index (χ1n) is 16.7. The SMILES string of the molecule is c1ccc2c(N(c3ccc4c(c3)oc3cccc(-c5nc6ccccc6o5)c34)c3cccc4c3sc3ccc5ccccc5c34)cccc2c1. The van der Waals surface area contributed by atoms with E-state index >= 15 is 0 Å². The lowest BCUT2D eigenvalue weighted by Gasteiger charge is -2.27. The third-order valence-electron chi connectivity index (χ3n) is 9.88. The lowest BCUT2D eigenvalue weighted by atomic mass is 10.0. The van der Waals surface area contributed by atoms with Crippen LogP contribution in [0.2, 0.25) is 0 Å². The fourth-order valence-corrected chi connectivity index (χ4v) is 8.88. The van der Waals surface area contributed by atoms with Crippen molar-refractivity contribution in [3.05, 3.63) is 158 Å². The van der Waals surface area contributed by atoms with E-state index in [1.165, 1.54) is 41.7 Å². The lowest BCUT2D eigenvalue weighted by Crippen LogP contribution is -2.10. The molecule has 5 heteroatoms. The number of nitrogens with zero attached hydrogens (tertiary/aromatic N) is 2. The predicted octanol–water partition coefficient (Wildman–Crippen LogP) is 13.5. The van der Waals surface area contributed by atoms with Crippen LogP contribution in [-0.2, 0) is 0 Å². The minimum Gasteiger partial charge on any atom is -0.456 e. The molecule has 0 fully saturated rings. The van der Waals surface area contributed by atoms with Crippen molar-refractivity contribution < 1.29 is 8.83 Å². The van der Waals surface area contributed by atoms with Gasteiger partial charge in [-0.15, -0.1) is 11.3 Å². The number of para-hydroxylation sites is 2. The highest BCUT2D eigenvalue weighted by molar-refractivity contribution is 7.26. The number of hydrogen-bond acceptors (Lipinski definition) is 5. The number of oxazole rings is 1. The van der Waals surface area contributed by atoms with Crippen LogP contribution in [0.15, 0.2) is 167 Å². The van der Waals surface area contributed by atoms with Gasteiger partial charge in [0, 0.05) is 48.9 Å². The Morgan fingerprint density at radius 1 is 0.480 bits per heavy atom. The molecule has 0 radical (unpaired) electrons. The summed E-state index contributed by atoms with van der Waals surface area (Å²) in [5, 5.41) is 9.49. The van der Waals surface area contributed by atoms with Gasteiger partial charge in [0.15, 0.2) is 5.58 Å². The first kappa shape index (κ1) is 27.5. The van der Waals surface area contributed by atoms with Gasteiger partial charge >= 0.3 is 0 Å². The Kier molecular flexibility index (Phi) is 5.80. The van der Waals surface area contributed by atoms with Gasteiger partial charge in [0.05, 0.1) is 16.1 Å². The van der Waals surface area contributed by atoms with E-state index in [1.54, 1.807) is 0 Å². The molecule has 0 N–H and O–H groups in total. The van der Waals surface area contributed by atoms with Crippen molar-refractivity contribution in [2.24, 2.45) is 0 Å². The fraction of sp³-hybridized carbons (Fsp3) is 0. The van der Waals surface area contributed by atoms with E-state index in [4.69, 9.17) is 13.8 Å². The van der Waals surface area contributed by atoms with Gasteiger partial charge in [0.25, 0.3) is 0 Å². The predicted molar refractivity (Wildman–Crippen MR) is 209 cm³/mol. The Bertz CT molecular complexity index is 3090. The Labute approximate surface area is 290 Å². The van der Waals surface area contributed by atoms with Crippen molar-refractivity contribution in [3.8, 4) is 11.5 Å². The topological polar surface area (TPSA) is 42.4 Å². The van der Waals surface area contributed by atoms with Gasteiger partial charge in [-0.3, -0.25) is 0 Å². The average molecular weight is 659 g/mol. The normalized spacial score (nSPS) is 12.0. The van der Waals surface area contributed by atoms with E-state index in [9.17, 15) is 0 Å². The first-order chi connectivity index (χ1) is 24.8. The van der Waals surface area contributed by atoms with Crippen molar-refractivity contribution in [1.29, 1.82) is 0 Å². The molecule has 11 rings (SSSR count). The maximum Gasteiger partial charge on any atom is 0.228 e. The molecule has 0 saturated carbocycles. The van der Waals surface area contributed by atoms with Crippen LogP contribution in [0.1, 0.15) is 0 Å². The second kappa shape index (κ2) is 10.5. The molecule has 8 aromatic carbocycles. The van der Waals surface area contributed by atoms with E-state index in [0.717, 1.165) is 55.7 Å². The number of aromatic nitrogens is 1. The third-order valence-corrected chi connectivity index (χ3v) is 11.1. The number of thiophene rings is 1. The zero-order valence-electron chi connectivity index (χ0n) is 26.6. The number of fused-ring (bicyclic) bond motifs is 10.